The Bertz CT molecular complexity index is 111. The van der Waals surface area contributed by atoms with Gasteiger partial charge in [0.05, 0.1) is 13.2 Å². The molecule has 77 valence electrons. The van der Waals surface area contributed by atoms with E-state index in [0.29, 0.717) is 6.10 Å². The highest BCUT2D eigenvalue weighted by Crippen LogP contribution is 2.09. The average Bonchev–Trinajstić information content (AvgIpc) is 2.93. The van der Waals surface area contributed by atoms with Crippen LogP contribution in [0.2, 0.25) is 0 Å². The molecule has 1 radical (unpaired) electrons. The summed E-state index contributed by atoms with van der Waals surface area (Å²) in [5.41, 5.74) is 0. The minimum Gasteiger partial charge on any atom is -0.379 e. The Balaban J connectivity index is 1.63. The third-order valence-electron chi connectivity index (χ3n) is 2.24. The third kappa shape index (κ3) is 7.03. The Morgan fingerprint density at radius 3 is 2.54 bits per heavy atom. The molecular weight excluding hydrogens is 164 g/mol. The Kier molecular flexibility index (Phi) is 6.21. The fraction of sp³-hybridized carbons (Fsp3) is 0.909. The van der Waals surface area contributed by atoms with Crippen LogP contribution in [0.3, 0.4) is 0 Å². The van der Waals surface area contributed by atoms with Gasteiger partial charge in [-0.3, -0.25) is 0 Å². The number of rotatable bonds is 9. The van der Waals surface area contributed by atoms with E-state index in [2.05, 4.69) is 6.92 Å². The van der Waals surface area contributed by atoms with Gasteiger partial charge in [-0.05, 0) is 6.42 Å². The van der Waals surface area contributed by atoms with Gasteiger partial charge < -0.3 is 9.47 Å². The Hall–Kier alpha value is -0.0800. The molecule has 1 unspecified atom stereocenters. The molecule has 1 aliphatic heterocycles. The first kappa shape index (κ1) is 11.0. The first-order chi connectivity index (χ1) is 6.43. The van der Waals surface area contributed by atoms with Gasteiger partial charge in [-0.25, -0.2) is 0 Å². The number of hydrogen-bond donors (Lipinski definition) is 0. The van der Waals surface area contributed by atoms with Crippen molar-refractivity contribution >= 4 is 0 Å². The quantitative estimate of drug-likeness (QED) is 0.407. The highest BCUT2D eigenvalue weighted by Gasteiger charge is 2.21. The van der Waals surface area contributed by atoms with Crippen LogP contribution in [0.4, 0.5) is 0 Å². The van der Waals surface area contributed by atoms with E-state index in [1.54, 1.807) is 0 Å². The molecule has 0 aliphatic carbocycles. The molecule has 1 aliphatic rings. The van der Waals surface area contributed by atoms with Crippen molar-refractivity contribution in [1.82, 2.24) is 0 Å². The lowest BCUT2D eigenvalue weighted by Crippen LogP contribution is -2.02. The second-order valence-corrected chi connectivity index (χ2v) is 3.65. The van der Waals surface area contributed by atoms with Crippen molar-refractivity contribution in [3.05, 3.63) is 6.92 Å². The Labute approximate surface area is 81.6 Å². The van der Waals surface area contributed by atoms with Gasteiger partial charge in [0.2, 0.25) is 0 Å². The molecule has 1 rings (SSSR count). The van der Waals surface area contributed by atoms with E-state index in [1.807, 2.05) is 0 Å². The number of unbranched alkanes of at least 4 members (excludes halogenated alkanes) is 5. The lowest BCUT2D eigenvalue weighted by molar-refractivity contribution is 0.113. The van der Waals surface area contributed by atoms with Crippen LogP contribution in [-0.4, -0.2) is 25.9 Å². The lowest BCUT2D eigenvalue weighted by Gasteiger charge is -2.01. The Morgan fingerprint density at radius 1 is 1.15 bits per heavy atom. The summed E-state index contributed by atoms with van der Waals surface area (Å²) in [6.07, 6.45) is 7.93. The van der Waals surface area contributed by atoms with Crippen molar-refractivity contribution in [2.24, 2.45) is 0 Å². The molecule has 0 bridgehead atoms. The van der Waals surface area contributed by atoms with Crippen LogP contribution in [-0.2, 0) is 9.47 Å². The summed E-state index contributed by atoms with van der Waals surface area (Å²) in [4.78, 5) is 0. The number of epoxide rings is 1. The molecule has 0 N–H and O–H groups in total. The van der Waals surface area contributed by atoms with Crippen molar-refractivity contribution in [2.75, 3.05) is 19.8 Å². The summed E-state index contributed by atoms with van der Waals surface area (Å²) in [7, 11) is 0. The molecule has 1 heterocycles. The first-order valence-electron chi connectivity index (χ1n) is 5.42. The number of hydrogen-bond acceptors (Lipinski definition) is 2. The van der Waals surface area contributed by atoms with Crippen molar-refractivity contribution in [3.63, 3.8) is 0 Å². The predicted molar refractivity (Wildman–Crippen MR) is 53.6 cm³/mol. The van der Waals surface area contributed by atoms with Gasteiger partial charge in [-0.1, -0.05) is 39.0 Å². The van der Waals surface area contributed by atoms with Gasteiger partial charge in [0.25, 0.3) is 0 Å². The maximum Gasteiger partial charge on any atom is 0.104 e. The van der Waals surface area contributed by atoms with Crippen LogP contribution in [0.5, 0.6) is 0 Å². The average molecular weight is 185 g/mol. The largest absolute Gasteiger partial charge is 0.379 e. The molecular formula is C11H21O2. The molecule has 0 aromatic heterocycles. The molecule has 0 aromatic rings. The zero-order chi connectivity index (χ0) is 9.36. The summed E-state index contributed by atoms with van der Waals surface area (Å²) < 4.78 is 10.5. The highest BCUT2D eigenvalue weighted by molar-refractivity contribution is 4.66. The zero-order valence-corrected chi connectivity index (χ0v) is 8.46. The second kappa shape index (κ2) is 7.34. The van der Waals surface area contributed by atoms with Crippen molar-refractivity contribution in [1.29, 1.82) is 0 Å². The van der Waals surface area contributed by atoms with Gasteiger partial charge >= 0.3 is 0 Å². The summed E-state index contributed by atoms with van der Waals surface area (Å²) in [6.45, 7) is 6.44. The topological polar surface area (TPSA) is 21.8 Å². The number of ether oxygens (including phenoxy) is 2. The van der Waals surface area contributed by atoms with E-state index in [4.69, 9.17) is 9.47 Å². The van der Waals surface area contributed by atoms with E-state index in [-0.39, 0.29) is 0 Å². The molecule has 0 saturated carbocycles. The summed E-state index contributed by atoms with van der Waals surface area (Å²) in [5.74, 6) is 0. The van der Waals surface area contributed by atoms with Gasteiger partial charge in [0.15, 0.2) is 0 Å². The minimum absolute atomic E-state index is 0.422. The van der Waals surface area contributed by atoms with E-state index in [0.717, 1.165) is 26.2 Å². The second-order valence-electron chi connectivity index (χ2n) is 3.65. The van der Waals surface area contributed by atoms with E-state index < -0.39 is 0 Å². The van der Waals surface area contributed by atoms with Crippen molar-refractivity contribution in [3.8, 4) is 0 Å². The molecule has 0 spiro atoms. The zero-order valence-electron chi connectivity index (χ0n) is 8.46. The van der Waals surface area contributed by atoms with Gasteiger partial charge in [-0.15, -0.1) is 0 Å². The van der Waals surface area contributed by atoms with Crippen LogP contribution in [0, 0.1) is 6.92 Å². The molecule has 0 amide bonds. The fourth-order valence-electron chi connectivity index (χ4n) is 1.29. The highest BCUT2D eigenvalue weighted by atomic mass is 16.6. The standard InChI is InChI=1S/C11H21O2/c1-2-3-4-5-6-7-8-12-9-11-10-13-11/h11H,1-10H2. The molecule has 1 fully saturated rings. The normalized spacial score (nSPS) is 20.5. The van der Waals surface area contributed by atoms with Gasteiger partial charge in [0, 0.05) is 6.61 Å². The maximum atomic E-state index is 5.43. The van der Waals surface area contributed by atoms with Crippen molar-refractivity contribution in [2.45, 2.75) is 44.6 Å². The van der Waals surface area contributed by atoms with Crippen LogP contribution in [0.1, 0.15) is 38.5 Å². The van der Waals surface area contributed by atoms with Crippen LogP contribution in [0.25, 0.3) is 0 Å². The van der Waals surface area contributed by atoms with Gasteiger partial charge in [0.1, 0.15) is 6.10 Å². The van der Waals surface area contributed by atoms with Crippen LogP contribution >= 0.6 is 0 Å². The molecule has 0 aromatic carbocycles. The van der Waals surface area contributed by atoms with E-state index >= 15 is 0 Å². The SMILES string of the molecule is [CH2]CCCCCCCOCC1CO1. The van der Waals surface area contributed by atoms with E-state index in [1.165, 1.54) is 32.1 Å². The van der Waals surface area contributed by atoms with E-state index in [9.17, 15) is 0 Å². The summed E-state index contributed by atoms with van der Waals surface area (Å²) in [6, 6.07) is 0. The molecule has 1 atom stereocenters. The van der Waals surface area contributed by atoms with Crippen LogP contribution in [0.15, 0.2) is 0 Å². The summed E-state index contributed by atoms with van der Waals surface area (Å²) >= 11 is 0. The molecule has 13 heavy (non-hydrogen) atoms. The van der Waals surface area contributed by atoms with Gasteiger partial charge in [-0.2, -0.15) is 0 Å². The smallest absolute Gasteiger partial charge is 0.104 e. The predicted octanol–water partition coefficient (Wildman–Crippen LogP) is 2.58. The first-order valence-corrected chi connectivity index (χ1v) is 5.42. The molecule has 2 heteroatoms. The fourth-order valence-corrected chi connectivity index (χ4v) is 1.29. The molecule has 1 saturated heterocycles. The van der Waals surface area contributed by atoms with Crippen molar-refractivity contribution < 1.29 is 9.47 Å². The maximum absolute atomic E-state index is 5.43. The van der Waals surface area contributed by atoms with Crippen LogP contribution < -0.4 is 0 Å². The molecule has 2 nitrogen and oxygen atoms in total. The lowest BCUT2D eigenvalue weighted by atomic mass is 10.1. The minimum atomic E-state index is 0.422. The summed E-state index contributed by atoms with van der Waals surface area (Å²) in [5, 5.41) is 0. The third-order valence-corrected chi connectivity index (χ3v) is 2.24. The Morgan fingerprint density at radius 2 is 1.85 bits per heavy atom. The monoisotopic (exact) mass is 185 g/mol.